The van der Waals surface area contributed by atoms with Crippen LogP contribution in [0.15, 0.2) is 60.7 Å². The number of aryl methyl sites for hydroxylation is 1. The Hall–Kier alpha value is -3.60. The number of hydrogen-bond donors (Lipinski definition) is 2. The van der Waals surface area contributed by atoms with Crippen LogP contribution in [0.1, 0.15) is 29.8 Å². The normalized spacial score (nSPS) is 12.0. The van der Waals surface area contributed by atoms with Crippen LogP contribution in [0.2, 0.25) is 0 Å². The number of aromatic nitrogens is 1. The first-order valence-electron chi connectivity index (χ1n) is 11.3. The van der Waals surface area contributed by atoms with Gasteiger partial charge in [-0.2, -0.15) is 4.37 Å². The highest BCUT2D eigenvalue weighted by Crippen LogP contribution is 2.45. The Morgan fingerprint density at radius 3 is 2.46 bits per heavy atom. The van der Waals surface area contributed by atoms with Gasteiger partial charge in [-0.1, -0.05) is 42.5 Å². The van der Waals surface area contributed by atoms with Crippen molar-refractivity contribution in [3.8, 4) is 20.2 Å². The Balaban J connectivity index is 1.35. The number of carboxylic acid groups (broad SMARTS) is 1. The number of amides is 1. The number of nitrogens with zero attached hydrogens (tertiary/aromatic N) is 1. The third kappa shape index (κ3) is 5.41. The Morgan fingerprint density at radius 1 is 1.05 bits per heavy atom. The van der Waals surface area contributed by atoms with Crippen LogP contribution in [0.3, 0.4) is 0 Å². The maximum absolute atomic E-state index is 14.4. The number of thiophene rings is 2. The van der Waals surface area contributed by atoms with Gasteiger partial charge in [0, 0.05) is 14.3 Å². The minimum atomic E-state index is -1.07. The molecular weight excluding hydrogens is 532 g/mol. The summed E-state index contributed by atoms with van der Waals surface area (Å²) in [7, 11) is 0. The lowest BCUT2D eigenvalue weighted by Gasteiger charge is -2.14. The van der Waals surface area contributed by atoms with E-state index in [2.05, 4.69) is 9.69 Å². The topological polar surface area (TPSA) is 88.5 Å². The maximum Gasteiger partial charge on any atom is 0.412 e. The monoisotopic (exact) mass is 552 g/mol. The number of carboxylic acids is 1. The summed E-state index contributed by atoms with van der Waals surface area (Å²) < 4.78 is 26.5. The van der Waals surface area contributed by atoms with Gasteiger partial charge in [-0.05, 0) is 60.3 Å². The number of ether oxygens (including phenoxy) is 1. The van der Waals surface area contributed by atoms with Crippen molar-refractivity contribution >= 4 is 61.4 Å². The summed E-state index contributed by atoms with van der Waals surface area (Å²) in [6.45, 7) is 3.66. The number of fused-ring (bicyclic) bond motifs is 1. The van der Waals surface area contributed by atoms with Crippen LogP contribution in [-0.2, 0) is 16.0 Å². The van der Waals surface area contributed by atoms with E-state index in [1.807, 2.05) is 56.3 Å². The van der Waals surface area contributed by atoms with Crippen LogP contribution in [0.5, 0.6) is 0 Å². The molecule has 0 spiro atoms. The highest BCUT2D eigenvalue weighted by molar-refractivity contribution is 7.32. The molecule has 1 atom stereocenters. The van der Waals surface area contributed by atoms with Gasteiger partial charge in [0.05, 0.1) is 27.6 Å². The minimum Gasteiger partial charge on any atom is -0.481 e. The summed E-state index contributed by atoms with van der Waals surface area (Å²) in [5, 5.41) is 11.8. The van der Waals surface area contributed by atoms with Crippen molar-refractivity contribution < 1.29 is 23.8 Å². The van der Waals surface area contributed by atoms with Crippen LogP contribution in [0.4, 0.5) is 14.9 Å². The fraction of sp³-hybridized carbons (Fsp3) is 0.148. The smallest absolute Gasteiger partial charge is 0.412 e. The molecule has 0 aliphatic rings. The van der Waals surface area contributed by atoms with Crippen molar-refractivity contribution in [2.75, 3.05) is 5.32 Å². The molecular formula is C27H21FN2O4S3. The summed E-state index contributed by atoms with van der Waals surface area (Å²) in [6.07, 6.45) is -1.29. The third-order valence-electron chi connectivity index (χ3n) is 5.75. The van der Waals surface area contributed by atoms with Gasteiger partial charge in [-0.15, -0.1) is 22.7 Å². The van der Waals surface area contributed by atoms with Gasteiger partial charge in [0.2, 0.25) is 0 Å². The average molecular weight is 553 g/mol. The zero-order chi connectivity index (χ0) is 26.1. The SMILES string of the molecule is Cc1nsc(-c2cc3sc(-c4ccc(CC(=O)O)c(F)c4)cc3s2)c1NC(=O)OC(C)c1ccccc1. The summed E-state index contributed by atoms with van der Waals surface area (Å²) in [5.74, 6) is -1.59. The fourth-order valence-electron chi connectivity index (χ4n) is 3.87. The molecule has 5 aromatic rings. The van der Waals surface area contributed by atoms with Gasteiger partial charge < -0.3 is 9.84 Å². The van der Waals surface area contributed by atoms with Crippen molar-refractivity contribution in [1.29, 1.82) is 0 Å². The Morgan fingerprint density at radius 2 is 1.76 bits per heavy atom. The van der Waals surface area contributed by atoms with Crippen molar-refractivity contribution in [3.63, 3.8) is 0 Å². The standard InChI is InChI=1S/C27H21FN2O4S3/c1-14-25(29-27(33)34-15(2)16-6-4-3-5-7-16)26(37-30-14)23-13-22-21(36-23)12-20(35-22)18-9-8-17(11-24(31)32)19(28)10-18/h3-10,12-13,15H,11H2,1-2H3,(H,29,33)(H,31,32). The predicted molar refractivity (Wildman–Crippen MR) is 147 cm³/mol. The molecule has 0 saturated heterocycles. The van der Waals surface area contributed by atoms with E-state index in [4.69, 9.17) is 9.84 Å². The molecule has 0 fully saturated rings. The van der Waals surface area contributed by atoms with E-state index in [1.165, 1.54) is 35.0 Å². The van der Waals surface area contributed by atoms with Gasteiger partial charge in [0.25, 0.3) is 0 Å². The lowest BCUT2D eigenvalue weighted by molar-refractivity contribution is -0.136. The van der Waals surface area contributed by atoms with Crippen LogP contribution in [-0.4, -0.2) is 21.5 Å². The minimum absolute atomic E-state index is 0.161. The summed E-state index contributed by atoms with van der Waals surface area (Å²) in [4.78, 5) is 26.3. The van der Waals surface area contributed by atoms with E-state index < -0.39 is 24.0 Å². The Labute approximate surface area is 224 Å². The number of halogens is 1. The number of hydrogen-bond acceptors (Lipinski definition) is 7. The zero-order valence-electron chi connectivity index (χ0n) is 19.8. The third-order valence-corrected chi connectivity index (χ3v) is 9.21. The molecule has 6 nitrogen and oxygen atoms in total. The fourth-order valence-corrected chi connectivity index (χ4v) is 7.20. The second-order valence-electron chi connectivity index (χ2n) is 8.38. The molecule has 5 rings (SSSR count). The zero-order valence-corrected chi connectivity index (χ0v) is 22.2. The quantitative estimate of drug-likeness (QED) is 0.213. The lowest BCUT2D eigenvalue weighted by Crippen LogP contribution is -2.16. The molecule has 2 N–H and O–H groups in total. The van der Waals surface area contributed by atoms with E-state index in [0.717, 1.165) is 29.6 Å². The highest BCUT2D eigenvalue weighted by atomic mass is 32.1. The molecule has 1 amide bonds. The number of carbonyl (C=O) groups excluding carboxylic acids is 1. The first-order valence-corrected chi connectivity index (χ1v) is 13.7. The van der Waals surface area contributed by atoms with Gasteiger partial charge in [0.1, 0.15) is 11.9 Å². The van der Waals surface area contributed by atoms with Crippen molar-refractivity contribution in [2.45, 2.75) is 26.4 Å². The number of nitrogens with one attached hydrogen (secondary N) is 1. The van der Waals surface area contributed by atoms with E-state index in [1.54, 1.807) is 17.4 Å². The second-order valence-corrected chi connectivity index (χ2v) is 11.3. The average Bonchev–Trinajstić information content (AvgIpc) is 3.54. The largest absolute Gasteiger partial charge is 0.481 e. The van der Waals surface area contributed by atoms with Gasteiger partial charge in [-0.3, -0.25) is 10.1 Å². The maximum atomic E-state index is 14.4. The number of anilines is 1. The summed E-state index contributed by atoms with van der Waals surface area (Å²) in [6, 6.07) is 18.2. The summed E-state index contributed by atoms with van der Waals surface area (Å²) >= 11 is 4.40. The first-order chi connectivity index (χ1) is 17.8. The van der Waals surface area contributed by atoms with Gasteiger partial charge in [0.15, 0.2) is 0 Å². The van der Waals surface area contributed by atoms with Crippen LogP contribution < -0.4 is 5.32 Å². The molecule has 3 heterocycles. The number of rotatable bonds is 7. The lowest BCUT2D eigenvalue weighted by atomic mass is 10.1. The summed E-state index contributed by atoms with van der Waals surface area (Å²) in [5.41, 5.74) is 3.10. The molecule has 188 valence electrons. The van der Waals surface area contributed by atoms with Crippen molar-refractivity contribution in [2.24, 2.45) is 0 Å². The Kier molecular flexibility index (Phi) is 7.05. The van der Waals surface area contributed by atoms with E-state index in [-0.39, 0.29) is 12.0 Å². The van der Waals surface area contributed by atoms with Crippen molar-refractivity contribution in [3.05, 3.63) is 83.3 Å². The number of aliphatic carboxylic acids is 1. The number of carbonyl (C=O) groups is 2. The van der Waals surface area contributed by atoms with E-state index in [9.17, 15) is 14.0 Å². The van der Waals surface area contributed by atoms with Crippen LogP contribution in [0.25, 0.3) is 29.6 Å². The van der Waals surface area contributed by atoms with Crippen molar-refractivity contribution in [1.82, 2.24) is 4.37 Å². The van der Waals surface area contributed by atoms with Gasteiger partial charge in [-0.25, -0.2) is 9.18 Å². The molecule has 0 aliphatic carbocycles. The molecule has 1 unspecified atom stereocenters. The molecule has 0 bridgehead atoms. The number of benzene rings is 2. The Bertz CT molecular complexity index is 1580. The highest BCUT2D eigenvalue weighted by Gasteiger charge is 2.20. The molecule has 0 aliphatic heterocycles. The van der Waals surface area contributed by atoms with Crippen LogP contribution in [0, 0.1) is 12.7 Å². The predicted octanol–water partition coefficient (Wildman–Crippen LogP) is 8.14. The molecule has 0 radical (unpaired) electrons. The molecule has 3 aromatic heterocycles. The van der Waals surface area contributed by atoms with E-state index >= 15 is 0 Å². The first kappa shape index (κ1) is 25.1. The van der Waals surface area contributed by atoms with Crippen LogP contribution >= 0.6 is 34.2 Å². The second kappa shape index (κ2) is 10.4. The molecule has 0 saturated carbocycles. The molecule has 37 heavy (non-hydrogen) atoms. The van der Waals surface area contributed by atoms with E-state index in [0.29, 0.717) is 16.9 Å². The molecule has 2 aromatic carbocycles. The van der Waals surface area contributed by atoms with Gasteiger partial charge >= 0.3 is 12.1 Å². The molecule has 10 heteroatoms.